The van der Waals surface area contributed by atoms with Crippen molar-refractivity contribution in [1.29, 1.82) is 0 Å². The van der Waals surface area contributed by atoms with Gasteiger partial charge < -0.3 is 10.2 Å². The van der Waals surface area contributed by atoms with E-state index in [1.54, 1.807) is 0 Å². The van der Waals surface area contributed by atoms with Crippen molar-refractivity contribution in [2.45, 2.75) is 45.1 Å². The van der Waals surface area contributed by atoms with E-state index in [0.29, 0.717) is 6.04 Å². The molecule has 0 bridgehead atoms. The lowest BCUT2D eigenvalue weighted by Gasteiger charge is -2.22. The molecule has 2 rings (SSSR count). The van der Waals surface area contributed by atoms with Crippen LogP contribution in [-0.2, 0) is 0 Å². The number of anilines is 1. The second-order valence-electron chi connectivity index (χ2n) is 5.90. The van der Waals surface area contributed by atoms with Gasteiger partial charge in [-0.25, -0.2) is 0 Å². The highest BCUT2D eigenvalue weighted by Crippen LogP contribution is 2.27. The highest BCUT2D eigenvalue weighted by atomic mass is 15.1. The summed E-state index contributed by atoms with van der Waals surface area (Å²) < 4.78 is 0. The molecule has 0 amide bonds. The first-order valence-electron chi connectivity index (χ1n) is 7.77. The van der Waals surface area contributed by atoms with Crippen LogP contribution in [0.1, 0.15) is 39.0 Å². The van der Waals surface area contributed by atoms with Gasteiger partial charge in [0, 0.05) is 25.3 Å². The first-order valence-corrected chi connectivity index (χ1v) is 7.77. The third-order valence-corrected chi connectivity index (χ3v) is 4.44. The summed E-state index contributed by atoms with van der Waals surface area (Å²) in [4.78, 5) is 2.34. The second kappa shape index (κ2) is 7.54. The maximum Gasteiger partial charge on any atom is 0.0363 e. The number of para-hydroxylation sites is 1. The minimum atomic E-state index is 0.699. The van der Waals surface area contributed by atoms with Gasteiger partial charge in [0.15, 0.2) is 0 Å². The molecular weight excluding hydrogens is 232 g/mol. The quantitative estimate of drug-likeness (QED) is 0.752. The third-order valence-electron chi connectivity index (χ3n) is 4.44. The molecule has 2 nitrogen and oxygen atoms in total. The molecule has 1 saturated carbocycles. The van der Waals surface area contributed by atoms with E-state index in [9.17, 15) is 0 Å². The van der Waals surface area contributed by atoms with Gasteiger partial charge in [0.05, 0.1) is 0 Å². The molecule has 1 unspecified atom stereocenters. The number of rotatable bonds is 7. The minimum Gasteiger partial charge on any atom is -0.375 e. The Labute approximate surface area is 118 Å². The van der Waals surface area contributed by atoms with E-state index in [1.807, 2.05) is 0 Å². The van der Waals surface area contributed by atoms with Gasteiger partial charge in [-0.3, -0.25) is 0 Å². The Morgan fingerprint density at radius 3 is 2.58 bits per heavy atom. The Morgan fingerprint density at radius 1 is 1.21 bits per heavy atom. The molecule has 19 heavy (non-hydrogen) atoms. The van der Waals surface area contributed by atoms with Crippen LogP contribution in [-0.4, -0.2) is 26.2 Å². The fourth-order valence-electron chi connectivity index (χ4n) is 3.08. The summed E-state index contributed by atoms with van der Waals surface area (Å²) in [6, 6.07) is 11.3. The van der Waals surface area contributed by atoms with E-state index in [-0.39, 0.29) is 0 Å². The summed E-state index contributed by atoms with van der Waals surface area (Å²) in [5.74, 6) is 0.923. The molecular formula is C17H28N2. The lowest BCUT2D eigenvalue weighted by molar-refractivity contribution is 0.381. The maximum absolute atomic E-state index is 3.70. The van der Waals surface area contributed by atoms with E-state index in [4.69, 9.17) is 0 Å². The van der Waals surface area contributed by atoms with Gasteiger partial charge >= 0.3 is 0 Å². The molecule has 1 aliphatic rings. The number of nitrogens with zero attached hydrogens (tertiary/aromatic N) is 1. The van der Waals surface area contributed by atoms with Crippen molar-refractivity contribution in [3.63, 3.8) is 0 Å². The summed E-state index contributed by atoms with van der Waals surface area (Å²) >= 11 is 0. The van der Waals surface area contributed by atoms with Crippen molar-refractivity contribution >= 4 is 5.69 Å². The van der Waals surface area contributed by atoms with E-state index in [2.05, 4.69) is 54.5 Å². The number of hydrogen-bond donors (Lipinski definition) is 1. The van der Waals surface area contributed by atoms with Crippen LogP contribution in [0, 0.1) is 5.92 Å². The third kappa shape index (κ3) is 4.54. The molecule has 0 spiro atoms. The summed E-state index contributed by atoms with van der Waals surface area (Å²) in [7, 11) is 2.18. The second-order valence-corrected chi connectivity index (χ2v) is 5.90. The largest absolute Gasteiger partial charge is 0.375 e. The van der Waals surface area contributed by atoms with Crippen molar-refractivity contribution in [3.8, 4) is 0 Å². The Morgan fingerprint density at radius 2 is 1.89 bits per heavy atom. The van der Waals surface area contributed by atoms with Gasteiger partial charge in [-0.1, -0.05) is 31.0 Å². The number of nitrogens with one attached hydrogen (secondary N) is 1. The van der Waals surface area contributed by atoms with Crippen molar-refractivity contribution in [3.05, 3.63) is 30.3 Å². The van der Waals surface area contributed by atoms with Gasteiger partial charge in [0.25, 0.3) is 0 Å². The molecule has 2 heteroatoms. The van der Waals surface area contributed by atoms with Crippen molar-refractivity contribution in [2.75, 3.05) is 25.0 Å². The molecule has 1 atom stereocenters. The van der Waals surface area contributed by atoms with Crippen LogP contribution in [0.3, 0.4) is 0 Å². The molecule has 0 heterocycles. The van der Waals surface area contributed by atoms with Crippen LogP contribution in [0.2, 0.25) is 0 Å². The zero-order valence-electron chi connectivity index (χ0n) is 12.4. The van der Waals surface area contributed by atoms with Crippen LogP contribution in [0.15, 0.2) is 30.3 Å². The van der Waals surface area contributed by atoms with Gasteiger partial charge in [0.1, 0.15) is 0 Å². The zero-order valence-corrected chi connectivity index (χ0v) is 12.4. The topological polar surface area (TPSA) is 15.3 Å². The molecule has 0 aromatic heterocycles. The van der Waals surface area contributed by atoms with Gasteiger partial charge in [-0.2, -0.15) is 0 Å². The van der Waals surface area contributed by atoms with Gasteiger partial charge in [-0.15, -0.1) is 0 Å². The molecule has 1 aromatic carbocycles. The first kappa shape index (κ1) is 14.4. The Hall–Kier alpha value is -1.02. The van der Waals surface area contributed by atoms with Crippen molar-refractivity contribution in [2.24, 2.45) is 5.92 Å². The lowest BCUT2D eigenvalue weighted by atomic mass is 10.00. The SMILES string of the molecule is CC(NCCCN(C)c1ccccc1)C1CCCC1. The molecule has 1 N–H and O–H groups in total. The Kier molecular flexibility index (Phi) is 5.71. The fourth-order valence-corrected chi connectivity index (χ4v) is 3.08. The van der Waals surface area contributed by atoms with Crippen molar-refractivity contribution in [1.82, 2.24) is 5.32 Å². The van der Waals surface area contributed by atoms with Crippen LogP contribution in [0.25, 0.3) is 0 Å². The molecule has 0 saturated heterocycles. The number of benzene rings is 1. The Bertz CT molecular complexity index is 344. The predicted molar refractivity (Wildman–Crippen MR) is 83.8 cm³/mol. The average Bonchev–Trinajstić information content (AvgIpc) is 2.98. The van der Waals surface area contributed by atoms with Crippen molar-refractivity contribution < 1.29 is 0 Å². The highest BCUT2D eigenvalue weighted by Gasteiger charge is 2.20. The smallest absolute Gasteiger partial charge is 0.0363 e. The number of hydrogen-bond acceptors (Lipinski definition) is 2. The molecule has 1 aliphatic carbocycles. The van der Waals surface area contributed by atoms with Crippen LogP contribution < -0.4 is 10.2 Å². The lowest BCUT2D eigenvalue weighted by Crippen LogP contribution is -2.34. The first-order chi connectivity index (χ1) is 9.27. The van der Waals surface area contributed by atoms with E-state index in [1.165, 1.54) is 37.8 Å². The standard InChI is InChI=1S/C17H28N2/c1-15(16-9-6-7-10-16)18-13-8-14-19(2)17-11-4-3-5-12-17/h3-5,11-12,15-16,18H,6-10,13-14H2,1-2H3. The average molecular weight is 260 g/mol. The molecule has 0 aliphatic heterocycles. The van der Waals surface area contributed by atoms with Crippen LogP contribution in [0.5, 0.6) is 0 Å². The fraction of sp³-hybridized carbons (Fsp3) is 0.647. The predicted octanol–water partition coefficient (Wildman–Crippen LogP) is 3.68. The van der Waals surface area contributed by atoms with E-state index >= 15 is 0 Å². The molecule has 0 radical (unpaired) electrons. The maximum atomic E-state index is 3.70. The molecule has 106 valence electrons. The zero-order chi connectivity index (χ0) is 13.5. The van der Waals surface area contributed by atoms with E-state index in [0.717, 1.165) is 19.0 Å². The molecule has 1 fully saturated rings. The summed E-state index contributed by atoms with van der Waals surface area (Å²) in [5.41, 5.74) is 1.31. The molecule has 1 aromatic rings. The van der Waals surface area contributed by atoms with Gasteiger partial charge in [-0.05, 0) is 50.8 Å². The highest BCUT2D eigenvalue weighted by molar-refractivity contribution is 5.44. The van der Waals surface area contributed by atoms with Gasteiger partial charge in [0.2, 0.25) is 0 Å². The summed E-state index contributed by atoms with van der Waals surface area (Å²) in [6.07, 6.45) is 6.94. The van der Waals surface area contributed by atoms with Crippen LogP contribution >= 0.6 is 0 Å². The summed E-state index contributed by atoms with van der Waals surface area (Å²) in [5, 5.41) is 3.70. The van der Waals surface area contributed by atoms with Crippen LogP contribution in [0.4, 0.5) is 5.69 Å². The Balaban J connectivity index is 1.61. The monoisotopic (exact) mass is 260 g/mol. The minimum absolute atomic E-state index is 0.699. The normalized spacial score (nSPS) is 17.6. The summed E-state index contributed by atoms with van der Waals surface area (Å²) in [6.45, 7) is 4.61. The van der Waals surface area contributed by atoms with E-state index < -0.39 is 0 Å².